The van der Waals surface area contributed by atoms with Crippen LogP contribution in [0.15, 0.2) is 60.8 Å². The first-order valence-electron chi connectivity index (χ1n) is 44.7. The summed E-state index contributed by atoms with van der Waals surface area (Å²) in [6.07, 6.45) is 15.0. The van der Waals surface area contributed by atoms with Gasteiger partial charge in [0, 0.05) is 94.8 Å². The Morgan fingerprint density at radius 2 is 1.23 bits per heavy atom. The molecular formula is C85H135N23O19S. The van der Waals surface area contributed by atoms with Crippen LogP contribution in [0.3, 0.4) is 0 Å². The van der Waals surface area contributed by atoms with Gasteiger partial charge in [-0.2, -0.15) is 0 Å². The van der Waals surface area contributed by atoms with Gasteiger partial charge in [-0.15, -0.1) is 5.10 Å². The van der Waals surface area contributed by atoms with Gasteiger partial charge in [0.25, 0.3) is 0 Å². The zero-order valence-electron chi connectivity index (χ0n) is 73.6. The summed E-state index contributed by atoms with van der Waals surface area (Å²) >= 11 is 0. The highest BCUT2D eigenvalue weighted by Gasteiger charge is 2.44. The number of aromatic nitrogens is 5. The Balaban J connectivity index is 1.03. The normalized spacial score (nSPS) is 18.9. The summed E-state index contributed by atoms with van der Waals surface area (Å²) in [6, 6.07) is 2.60. The molecule has 0 aliphatic carbocycles. The van der Waals surface area contributed by atoms with Crippen LogP contribution in [0.1, 0.15) is 217 Å². The van der Waals surface area contributed by atoms with E-state index >= 15 is 4.79 Å². The number of ketones is 1. The van der Waals surface area contributed by atoms with Crippen molar-refractivity contribution in [1.29, 1.82) is 10.8 Å². The van der Waals surface area contributed by atoms with Crippen molar-refractivity contribution < 1.29 is 90.4 Å². The van der Waals surface area contributed by atoms with E-state index in [0.29, 0.717) is 24.0 Å². The van der Waals surface area contributed by atoms with Gasteiger partial charge < -0.3 is 105 Å². The number of aliphatic hydroxyl groups excluding tert-OH is 2. The van der Waals surface area contributed by atoms with Crippen molar-refractivity contribution in [2.24, 2.45) is 11.5 Å². The van der Waals surface area contributed by atoms with Gasteiger partial charge >= 0.3 is 0 Å². The minimum Gasteiger partial charge on any atom is -0.394 e. The lowest BCUT2D eigenvalue weighted by atomic mass is 10.0. The average molecular weight is 1820 g/mol. The van der Waals surface area contributed by atoms with E-state index < -0.39 is 186 Å². The van der Waals surface area contributed by atoms with E-state index in [9.17, 15) is 76.2 Å². The summed E-state index contributed by atoms with van der Waals surface area (Å²) in [5.74, 6) is -10.5. The molecule has 6 rings (SSSR count). The molecule has 0 unspecified atom stereocenters. The molecule has 0 bridgehead atoms. The lowest BCUT2D eigenvalue weighted by Gasteiger charge is -2.31. The van der Waals surface area contributed by atoms with E-state index in [-0.39, 0.29) is 154 Å². The largest absolute Gasteiger partial charge is 0.394 e. The van der Waals surface area contributed by atoms with Crippen molar-refractivity contribution in [2.75, 3.05) is 71.5 Å². The number of hydrogen-bond donors (Lipinski definition) is 21. The number of H-pyrrole nitrogens is 2. The number of aliphatic hydroxyl groups is 2. The molecule has 10 atom stereocenters. The van der Waals surface area contributed by atoms with Crippen LogP contribution in [0.4, 0.5) is 0 Å². The molecular weight excluding hydrogens is 1680 g/mol. The number of amides is 12. The number of tetrazole rings is 1. The number of guanidine groups is 2. The highest BCUT2D eigenvalue weighted by molar-refractivity contribution is 7.90. The van der Waals surface area contributed by atoms with Crippen LogP contribution in [-0.4, -0.2) is 270 Å². The number of benzene rings is 2. The molecule has 710 valence electrons. The average Bonchev–Trinajstić information content (AvgIpc) is 1.57. The summed E-state index contributed by atoms with van der Waals surface area (Å²) in [6.45, 7) is 1.08. The van der Waals surface area contributed by atoms with Gasteiger partial charge in [-0.3, -0.25) is 77.9 Å². The summed E-state index contributed by atoms with van der Waals surface area (Å²) in [4.78, 5) is 187. The van der Waals surface area contributed by atoms with E-state index in [2.05, 4.69) is 94.1 Å². The molecule has 2 aromatic carbocycles. The molecule has 0 saturated carbocycles. The van der Waals surface area contributed by atoms with Gasteiger partial charge in [0.1, 0.15) is 60.8 Å². The number of sulfonamides is 1. The molecule has 12 amide bonds. The molecule has 4 heterocycles. The van der Waals surface area contributed by atoms with Crippen molar-refractivity contribution in [1.82, 2.24) is 99.0 Å². The number of aryl methyl sites for hydroxylation is 1. The molecule has 0 radical (unpaired) electrons. The number of nitrogens with two attached hydrogens (primary N) is 2. The molecule has 128 heavy (non-hydrogen) atoms. The standard InChI is InChI=1S/C85H135N23O19S/c1-3-4-31-64(98-81(121)69(54-109)102-76(116)63(34-25-42-92-84(86)87)95-75(115)55-127-47-46-126-45-44-91-72(112)38-27-48-128(124,125)105-74(114)37-20-15-13-11-9-7-5-6-8-10-12-14-19-36-71-103-106-107-104-71)77(117)99-66-39-40-73(113)90-41-24-23-32-61(56(2)110)96-80(120)68(50-58-52-94-62-33-22-21-30-60(58)62)100-78(118)65(35-26-43-93-85(88)89)97-79(119)67(49-57-28-17-16-18-29-57)101-82(122)70-51-59(111)53-108(70)83(66)123/h16-18,21-22,28-30,33,52,59,61,63-70,94,109,111H,3-15,19-20,23-27,31-32,34-51,53-55H2,1-2H3,(H,90,113)(H,91,112)(H,95,115)(H,96,120)(H,97,119)(H,98,121)(H,99,117)(H,100,118)(H,101,122)(H,102,116)(H,105,114)(H4,86,87,92)(H4,88,89,93)(H,103,104,106,107)/t59-,61+,63+,64+,65+,66+,67-,68+,69+,70+/m1/s1. The van der Waals surface area contributed by atoms with E-state index in [0.717, 1.165) is 66.6 Å². The number of aromatic amines is 2. The zero-order valence-corrected chi connectivity index (χ0v) is 74.5. The number of carbonyl (C=O) groups is 13. The van der Waals surface area contributed by atoms with Crippen LogP contribution in [0.25, 0.3) is 10.9 Å². The van der Waals surface area contributed by atoms with Crippen molar-refractivity contribution in [2.45, 2.75) is 280 Å². The number of para-hydroxylation sites is 1. The Bertz CT molecular complexity index is 4300. The van der Waals surface area contributed by atoms with E-state index in [1.165, 1.54) is 45.4 Å². The second-order valence-corrected chi connectivity index (χ2v) is 34.2. The van der Waals surface area contributed by atoms with Crippen molar-refractivity contribution in [3.63, 3.8) is 0 Å². The van der Waals surface area contributed by atoms with Crippen LogP contribution < -0.4 is 80.0 Å². The first-order chi connectivity index (χ1) is 61.5. The Labute approximate surface area is 746 Å². The number of unbranched alkanes of at least 4 members (excludes halogenated alkanes) is 13. The van der Waals surface area contributed by atoms with E-state index in [1.807, 2.05) is 18.2 Å². The monoisotopic (exact) mass is 1810 g/mol. The van der Waals surface area contributed by atoms with E-state index in [1.54, 1.807) is 49.5 Å². The molecule has 42 nitrogen and oxygen atoms in total. The first-order valence-corrected chi connectivity index (χ1v) is 46.4. The number of carbonyl (C=O) groups excluding carboxylic acids is 13. The molecule has 2 aliphatic rings. The van der Waals surface area contributed by atoms with Crippen molar-refractivity contribution in [3.05, 3.63) is 77.7 Å². The van der Waals surface area contributed by atoms with Gasteiger partial charge in [0.15, 0.2) is 17.7 Å². The number of rotatable bonds is 53. The van der Waals surface area contributed by atoms with Crippen molar-refractivity contribution >= 4 is 110 Å². The fourth-order valence-corrected chi connectivity index (χ4v) is 15.9. The number of nitrogens with zero attached hydrogens (tertiary/aromatic N) is 4. The van der Waals surface area contributed by atoms with Crippen LogP contribution in [0, 0.1) is 10.8 Å². The third-order valence-electron chi connectivity index (χ3n) is 21.9. The Kier molecular flexibility index (Phi) is 48.6. The maximum atomic E-state index is 15.2. The predicted molar refractivity (Wildman–Crippen MR) is 474 cm³/mol. The molecule has 0 spiro atoms. The summed E-state index contributed by atoms with van der Waals surface area (Å²) in [5.41, 5.74) is 13.0. The fraction of sp³-hybridized carbons (Fsp3) is 0.647. The topological polar surface area (TPSA) is 645 Å². The van der Waals surface area contributed by atoms with Crippen LogP contribution >= 0.6 is 0 Å². The van der Waals surface area contributed by atoms with Crippen LogP contribution in [-0.2, 0) is 101 Å². The van der Waals surface area contributed by atoms with Crippen LogP contribution in [0.2, 0.25) is 0 Å². The summed E-state index contributed by atoms with van der Waals surface area (Å²) in [7, 11) is -3.95. The number of Topliss-reactive ketones (excluding diaryl/α,β-unsaturated/α-hetero) is 1. The highest BCUT2D eigenvalue weighted by Crippen LogP contribution is 2.24. The van der Waals surface area contributed by atoms with Crippen molar-refractivity contribution in [3.8, 4) is 0 Å². The molecule has 2 saturated heterocycles. The minimum atomic E-state index is -3.95. The first kappa shape index (κ1) is 105. The Morgan fingerprint density at radius 3 is 1.91 bits per heavy atom. The third-order valence-corrected chi connectivity index (χ3v) is 23.2. The number of nitrogens with one attached hydrogen (secondary N) is 17. The molecule has 2 aliphatic heterocycles. The van der Waals surface area contributed by atoms with Gasteiger partial charge in [-0.1, -0.05) is 139 Å². The molecule has 43 heteroatoms. The number of fused-ring (bicyclic) bond motifs is 2. The second kappa shape index (κ2) is 58.9. The highest BCUT2D eigenvalue weighted by atomic mass is 32.2. The number of hydrogen-bond acceptors (Lipinski definition) is 24. The van der Waals surface area contributed by atoms with Gasteiger partial charge in [0.2, 0.25) is 80.9 Å². The third kappa shape index (κ3) is 41.2. The summed E-state index contributed by atoms with van der Waals surface area (Å²) < 4.78 is 38.2. The Morgan fingerprint density at radius 1 is 0.625 bits per heavy atom. The Hall–Kier alpha value is -11.3. The van der Waals surface area contributed by atoms with E-state index in [4.69, 9.17) is 31.8 Å². The SMILES string of the molecule is CCCC[C@H](NC(=O)[C@H](CO)NC(=O)[C@H](CCCNC(=N)N)NC(=O)COCCOCCNC(=O)CCCS(=O)(=O)NC(=O)CCCCCCCCCCCCCCCc1nnn[nH]1)C(=O)N[C@H]1CCC(=O)NCCCC[C@@H](C(C)=O)NC(=O)[C@H](Cc2c[nH]c3ccccc23)NC(=O)[C@H](CCCNC(=N)N)NC(=O)[C@@H](Cc2ccccc2)NC(=O)[C@@H]2C[C@@H](O)CN2C1=O. The maximum Gasteiger partial charge on any atom is 0.246 e. The second-order valence-electron chi connectivity index (χ2n) is 32.4. The lowest BCUT2D eigenvalue weighted by molar-refractivity contribution is -0.143. The number of ether oxygens (including phenoxy) is 2. The summed E-state index contributed by atoms with van der Waals surface area (Å²) in [5, 5.41) is 83.9. The molecule has 23 N–H and O–H groups in total. The van der Waals surface area contributed by atoms with Gasteiger partial charge in [-0.25, -0.2) is 13.5 Å². The molecule has 2 aromatic heterocycles. The zero-order chi connectivity index (χ0) is 93.0. The van der Waals surface area contributed by atoms with Gasteiger partial charge in [-0.05, 0) is 112 Å². The minimum absolute atomic E-state index is 0.0187. The fourth-order valence-electron chi connectivity index (χ4n) is 14.8. The smallest absolute Gasteiger partial charge is 0.246 e. The predicted octanol–water partition coefficient (Wildman–Crippen LogP) is -0.236. The van der Waals surface area contributed by atoms with Crippen LogP contribution in [0.5, 0.6) is 0 Å². The molecule has 2 fully saturated rings. The quantitative estimate of drug-likeness (QED) is 0.0154. The maximum absolute atomic E-state index is 15.2. The lowest BCUT2D eigenvalue weighted by Crippen LogP contribution is -2.61. The van der Waals surface area contributed by atoms with Gasteiger partial charge in [0.05, 0.1) is 44.3 Å². The molecule has 4 aromatic rings.